The minimum Gasteiger partial charge on any atom is -0.489 e. The Morgan fingerprint density at radius 2 is 1.62 bits per heavy atom. The number of ether oxygens (including phenoxy) is 4. The zero-order chi connectivity index (χ0) is 42.2. The number of carbonyl (C=O) groups excluding carboxylic acids is 5. The molecule has 2 amide bonds. The summed E-state index contributed by atoms with van der Waals surface area (Å²) >= 11 is 2.26. The number of β-lactam (4-membered cyclic amide) rings is 1. The number of aliphatic carboxylic acids is 1. The molecule has 0 bridgehead atoms. The third kappa shape index (κ3) is 12.3. The Morgan fingerprint density at radius 1 is 1.02 bits per heavy atom. The fraction of sp³-hybridized carbons (Fsp3) is 0.455. The summed E-state index contributed by atoms with van der Waals surface area (Å²) < 4.78 is 66.5. The highest BCUT2D eigenvalue weighted by Crippen LogP contribution is 2.41. The number of esters is 3. The number of aromatic nitrogens is 1. The second kappa shape index (κ2) is 18.5. The van der Waals surface area contributed by atoms with Crippen LogP contribution in [0.5, 0.6) is 5.75 Å². The first-order chi connectivity index (χ1) is 25.9. The van der Waals surface area contributed by atoms with Gasteiger partial charge in [0, 0.05) is 22.8 Å². The molecular weight excluding hydrogens is 799 g/mol. The lowest BCUT2D eigenvalue weighted by Crippen LogP contribution is -2.71. The van der Waals surface area contributed by atoms with E-state index in [9.17, 15) is 41.5 Å². The Labute approximate surface area is 324 Å². The number of nitrogens with one attached hydrogen (secondary N) is 1. The minimum absolute atomic E-state index is 0.0489. The normalized spacial score (nSPS) is 17.0. The molecule has 1 saturated heterocycles. The number of nitrogen functional groups attached to an aromatic ring is 1. The molecule has 1 aromatic carbocycles. The summed E-state index contributed by atoms with van der Waals surface area (Å²) in [5.74, 6) is -6.59. The van der Waals surface area contributed by atoms with Crippen molar-refractivity contribution in [2.24, 2.45) is 16.0 Å². The lowest BCUT2D eigenvalue weighted by atomic mass is 9.97. The van der Waals surface area contributed by atoms with Gasteiger partial charge in [0.15, 0.2) is 10.8 Å². The van der Waals surface area contributed by atoms with E-state index >= 15 is 0 Å². The molecule has 4 rings (SSSR count). The van der Waals surface area contributed by atoms with Crippen molar-refractivity contribution in [3.8, 4) is 5.75 Å². The second-order valence-corrected chi connectivity index (χ2v) is 15.5. The molecule has 23 heteroatoms. The highest BCUT2D eigenvalue weighted by atomic mass is 32.2. The number of carbonyl (C=O) groups is 6. The number of fused-ring (bicyclic) bond motifs is 1. The number of carboxylic acids is 1. The number of thiazole rings is 1. The van der Waals surface area contributed by atoms with Crippen LogP contribution in [0.1, 0.15) is 47.2 Å². The molecule has 0 radical (unpaired) electrons. The van der Waals surface area contributed by atoms with E-state index in [0.717, 1.165) is 22.3 Å². The molecule has 2 aromatic rings. The molecule has 2 aliphatic rings. The predicted molar refractivity (Wildman–Crippen MR) is 189 cm³/mol. The maximum atomic E-state index is 13.7. The Kier molecular flexibility index (Phi) is 14.8. The molecule has 3 heterocycles. The van der Waals surface area contributed by atoms with Gasteiger partial charge in [-0.3, -0.25) is 24.1 Å². The first kappa shape index (κ1) is 44.9. The van der Waals surface area contributed by atoms with Crippen molar-refractivity contribution in [2.75, 3.05) is 31.7 Å². The molecule has 56 heavy (non-hydrogen) atoms. The van der Waals surface area contributed by atoms with Crippen LogP contribution >= 0.6 is 23.1 Å². The highest BCUT2D eigenvalue weighted by Gasteiger charge is 2.55. The summed E-state index contributed by atoms with van der Waals surface area (Å²) in [6.07, 6.45) is -5.08. The van der Waals surface area contributed by atoms with Gasteiger partial charge in [-0.1, -0.05) is 11.2 Å². The van der Waals surface area contributed by atoms with Gasteiger partial charge in [0.25, 0.3) is 18.6 Å². The molecule has 0 saturated carbocycles. The zero-order valence-electron chi connectivity index (χ0n) is 30.6. The number of anilines is 1. The molecule has 1 fully saturated rings. The van der Waals surface area contributed by atoms with E-state index in [1.165, 1.54) is 35.3 Å². The average molecular weight is 836 g/mol. The van der Waals surface area contributed by atoms with E-state index in [-0.39, 0.29) is 40.3 Å². The van der Waals surface area contributed by atoms with Crippen LogP contribution in [0.15, 0.2) is 46.1 Å². The van der Waals surface area contributed by atoms with Gasteiger partial charge in [-0.05, 0) is 53.7 Å². The van der Waals surface area contributed by atoms with Crippen molar-refractivity contribution in [3.63, 3.8) is 0 Å². The summed E-state index contributed by atoms with van der Waals surface area (Å²) in [7, 11) is 0. The number of hydrogen-bond acceptors (Lipinski definition) is 16. The van der Waals surface area contributed by atoms with Gasteiger partial charge in [0.05, 0.1) is 10.8 Å². The fourth-order valence-electron chi connectivity index (χ4n) is 4.13. The van der Waals surface area contributed by atoms with Crippen molar-refractivity contribution in [3.05, 3.63) is 52.4 Å². The summed E-state index contributed by atoms with van der Waals surface area (Å²) in [4.78, 5) is 83.7. The lowest BCUT2D eigenvalue weighted by Gasteiger charge is -2.49. The number of halogens is 4. The van der Waals surface area contributed by atoms with Crippen LogP contribution in [0.2, 0.25) is 0 Å². The van der Waals surface area contributed by atoms with Crippen molar-refractivity contribution >= 4 is 69.6 Å². The molecule has 0 spiro atoms. The first-order valence-electron chi connectivity index (χ1n) is 16.0. The molecule has 4 N–H and O–H groups in total. The molecule has 17 nitrogen and oxygen atoms in total. The van der Waals surface area contributed by atoms with Crippen LogP contribution in [0.25, 0.3) is 0 Å². The third-order valence-electron chi connectivity index (χ3n) is 6.96. The van der Waals surface area contributed by atoms with Crippen LogP contribution in [0, 0.1) is 16.6 Å². The van der Waals surface area contributed by atoms with Gasteiger partial charge in [-0.15, -0.1) is 23.1 Å². The Hall–Kier alpha value is -5.45. The molecule has 2 atom stereocenters. The number of thioether (sulfide) groups is 1. The van der Waals surface area contributed by atoms with Crippen molar-refractivity contribution in [1.82, 2.24) is 15.2 Å². The molecular formula is C33H37F4N5O12S2. The number of nitrogens with two attached hydrogens (primary N) is 1. The molecule has 0 aliphatic carbocycles. The van der Waals surface area contributed by atoms with Gasteiger partial charge in [0.2, 0.25) is 6.79 Å². The van der Waals surface area contributed by atoms with Crippen LogP contribution in [-0.2, 0) is 47.8 Å². The van der Waals surface area contributed by atoms with Crippen LogP contribution < -0.4 is 15.8 Å². The van der Waals surface area contributed by atoms with E-state index in [2.05, 4.69) is 15.5 Å². The third-order valence-corrected chi connectivity index (χ3v) is 8.98. The number of rotatable bonds is 12. The number of amides is 2. The monoisotopic (exact) mass is 835 g/mol. The smallest absolute Gasteiger partial charge is 0.489 e. The van der Waals surface area contributed by atoms with E-state index in [1.807, 2.05) is 0 Å². The van der Waals surface area contributed by atoms with Gasteiger partial charge >= 0.3 is 30.1 Å². The fourth-order valence-corrected chi connectivity index (χ4v) is 6.00. The quantitative estimate of drug-likeness (QED) is 0.0527. The van der Waals surface area contributed by atoms with E-state index in [0.29, 0.717) is 5.57 Å². The average Bonchev–Trinajstić information content (AvgIpc) is 3.53. The maximum Gasteiger partial charge on any atom is 0.490 e. The summed E-state index contributed by atoms with van der Waals surface area (Å²) in [5.41, 5.74) is 3.99. The van der Waals surface area contributed by atoms with Gasteiger partial charge in [-0.25, -0.2) is 19.0 Å². The summed E-state index contributed by atoms with van der Waals surface area (Å²) in [5, 5.41) is 14.4. The zero-order valence-corrected chi connectivity index (χ0v) is 32.2. The number of oxime groups is 1. The standard InChI is InChI=1S/C31H36FN5O10S2.C2HF3O2/c1-30(2,3)27(41)45-14-44-26(40)22-16(11-43-18-9-7-8-17(32)10-18)12-48-25-21(24(39)37(22)25)35-23(38)20(19-13-49-29(33)34-19)36-47-15-46-28(42)31(4,5)6;3-2(4,5)1(6)7/h7-10,13,21,25H,11-12,14-15H2,1-6H3,(H2,33,34)(H,35,38);(H,6,7)/t21?,25-;/m0./s1. The summed E-state index contributed by atoms with van der Waals surface area (Å²) in [6.45, 7) is 8.35. The van der Waals surface area contributed by atoms with E-state index in [1.54, 1.807) is 41.5 Å². The number of carboxylic acid groups (broad SMARTS) is 1. The van der Waals surface area contributed by atoms with Crippen molar-refractivity contribution < 1.29 is 75.2 Å². The SMILES string of the molecule is CC(C)(C)C(=O)OCON=C(C(=O)NC1C(=O)N2C(C(=O)OCOC(=O)C(C)(C)C)=C(COc3cccc(F)c3)CS[C@@H]12)c1csc(N)n1.O=C(O)C(F)(F)F. The summed E-state index contributed by atoms with van der Waals surface area (Å²) in [6, 6.07) is 4.27. The topological polar surface area (TPSA) is 235 Å². The van der Waals surface area contributed by atoms with Crippen LogP contribution in [0.4, 0.5) is 22.7 Å². The Balaban J connectivity index is 0.00000109. The maximum absolute atomic E-state index is 13.7. The lowest BCUT2D eigenvalue weighted by molar-refractivity contribution is -0.192. The number of nitrogens with zero attached hydrogens (tertiary/aromatic N) is 3. The molecule has 1 unspecified atom stereocenters. The van der Waals surface area contributed by atoms with Crippen molar-refractivity contribution in [2.45, 2.75) is 59.1 Å². The van der Waals surface area contributed by atoms with Gasteiger partial charge < -0.3 is 39.9 Å². The number of benzene rings is 1. The Morgan fingerprint density at radius 3 is 2.16 bits per heavy atom. The predicted octanol–water partition coefficient (Wildman–Crippen LogP) is 3.59. The van der Waals surface area contributed by atoms with Gasteiger partial charge in [0.1, 0.15) is 41.0 Å². The van der Waals surface area contributed by atoms with Crippen LogP contribution in [-0.4, -0.2) is 99.9 Å². The molecule has 2 aliphatic heterocycles. The largest absolute Gasteiger partial charge is 0.490 e. The van der Waals surface area contributed by atoms with Crippen molar-refractivity contribution in [1.29, 1.82) is 0 Å². The van der Waals surface area contributed by atoms with Gasteiger partial charge in [-0.2, -0.15) is 13.2 Å². The molecule has 306 valence electrons. The number of hydrogen-bond donors (Lipinski definition) is 3. The van der Waals surface area contributed by atoms with E-state index in [4.69, 9.17) is 39.4 Å². The first-order valence-corrected chi connectivity index (χ1v) is 17.9. The second-order valence-electron chi connectivity index (χ2n) is 13.5. The minimum atomic E-state index is -5.08. The number of alkyl halides is 3. The van der Waals surface area contributed by atoms with E-state index < -0.39 is 83.5 Å². The highest BCUT2D eigenvalue weighted by molar-refractivity contribution is 8.00. The Bertz CT molecular complexity index is 1890. The molecule has 1 aromatic heterocycles. The van der Waals surface area contributed by atoms with Crippen LogP contribution in [0.3, 0.4) is 0 Å².